The van der Waals surface area contributed by atoms with Crippen LogP contribution in [-0.4, -0.2) is 16.2 Å². The molecule has 11 rings (SSSR count). The van der Waals surface area contributed by atoms with Gasteiger partial charge in [0, 0.05) is 37.4 Å². The fraction of sp³-hybridized carbons (Fsp3) is 0.0196. The lowest BCUT2D eigenvalue weighted by Gasteiger charge is -2.24. The van der Waals surface area contributed by atoms with Gasteiger partial charge in [-0.05, 0) is 64.2 Å². The molecule has 1 atom stereocenters. The molecule has 2 aromatic heterocycles. The topological polar surface area (TPSA) is 41.7 Å². The number of aromatic nitrogens is 1. The van der Waals surface area contributed by atoms with Crippen LogP contribution in [0.15, 0.2) is 204 Å². The lowest BCUT2D eigenvalue weighted by molar-refractivity contribution is 0.674. The Labute approximate surface area is 328 Å². The maximum absolute atomic E-state index is 5.44. The zero-order chi connectivity index (χ0) is 37.0. The second kappa shape index (κ2) is 13.3. The van der Waals surface area contributed by atoms with Crippen molar-refractivity contribution < 1.29 is 0 Å². The summed E-state index contributed by atoms with van der Waals surface area (Å²) in [6, 6.07) is 69.1. The highest BCUT2D eigenvalue weighted by molar-refractivity contribution is 7.26. The summed E-state index contributed by atoms with van der Waals surface area (Å²) in [6.45, 7) is 0. The third-order valence-corrected chi connectivity index (χ3v) is 12.1. The second-order valence-corrected chi connectivity index (χ2v) is 15.3. The van der Waals surface area contributed by atoms with Gasteiger partial charge in [-0.25, -0.2) is 9.98 Å². The quantitative estimate of drug-likeness (QED) is 0.182. The van der Waals surface area contributed by atoms with Crippen LogP contribution in [0.3, 0.4) is 0 Å². The number of fused-ring (bicyclic) bond motifs is 6. The largest absolute Gasteiger partial charge is 0.344 e. The Hall–Kier alpha value is -7.08. The number of aliphatic imine (C=N–C) groups is 2. The molecular weight excluding hydrogens is 701 g/mol. The van der Waals surface area contributed by atoms with Crippen molar-refractivity contribution in [1.82, 2.24) is 9.88 Å². The van der Waals surface area contributed by atoms with Gasteiger partial charge in [0.25, 0.3) is 0 Å². The predicted octanol–water partition coefficient (Wildman–Crippen LogP) is 13.0. The van der Waals surface area contributed by atoms with Gasteiger partial charge in [-0.3, -0.25) is 0 Å². The molecular formula is C51H34N4S. The van der Waals surface area contributed by atoms with E-state index in [2.05, 4.69) is 204 Å². The number of para-hydroxylation sites is 1. The standard InChI is InChI=1S/C51H34N4S/c1-3-15-33(16-4-1)35-19-11-21-37(31-35)49-52-50(38-22-12-20-36(32-38)34-17-5-2-6-18-34)54-51(53-49)42-26-14-28-44-47(42)41-24-7-9-27-43(41)55(44)45-29-13-25-40-39-23-8-10-30-46(39)56-48(40)45/h1-32,49H,(H,52,53,54). The maximum atomic E-state index is 5.44. The van der Waals surface area contributed by atoms with E-state index in [1.165, 1.54) is 36.8 Å². The molecule has 0 radical (unpaired) electrons. The Morgan fingerprint density at radius 1 is 0.482 bits per heavy atom. The molecule has 1 aliphatic rings. The zero-order valence-corrected chi connectivity index (χ0v) is 31.1. The van der Waals surface area contributed by atoms with Gasteiger partial charge in [0.05, 0.1) is 21.4 Å². The molecule has 0 saturated heterocycles. The van der Waals surface area contributed by atoms with Crippen molar-refractivity contribution in [2.75, 3.05) is 0 Å². The summed E-state index contributed by atoms with van der Waals surface area (Å²) in [4.78, 5) is 10.8. The lowest BCUT2D eigenvalue weighted by atomic mass is 10.00. The highest BCUT2D eigenvalue weighted by Gasteiger charge is 2.25. The molecule has 1 unspecified atom stereocenters. The molecule has 3 heterocycles. The van der Waals surface area contributed by atoms with Crippen molar-refractivity contribution in [3.8, 4) is 27.9 Å². The molecule has 264 valence electrons. The number of hydrogen-bond donors (Lipinski definition) is 1. The van der Waals surface area contributed by atoms with Crippen molar-refractivity contribution >= 4 is 65.0 Å². The summed E-state index contributed by atoms with van der Waals surface area (Å²) in [5, 5.41) is 8.63. The monoisotopic (exact) mass is 734 g/mol. The Morgan fingerprint density at radius 3 is 1.91 bits per heavy atom. The van der Waals surface area contributed by atoms with Gasteiger partial charge in [0.2, 0.25) is 0 Å². The number of nitrogens with one attached hydrogen (secondary N) is 1. The molecule has 0 spiro atoms. The highest BCUT2D eigenvalue weighted by atomic mass is 32.1. The van der Waals surface area contributed by atoms with Gasteiger partial charge in [-0.2, -0.15) is 0 Å². The van der Waals surface area contributed by atoms with E-state index in [0.717, 1.165) is 55.6 Å². The summed E-state index contributed by atoms with van der Waals surface area (Å²) >= 11 is 1.86. The SMILES string of the molecule is c1ccc(-c2cccc(C3=NC(c4cccc5c4c4ccccc4n5-c4cccc5c4sc4ccccc45)=NC(c4cccc(-c5ccccc5)c4)N3)c2)cc1. The first-order chi connectivity index (χ1) is 27.8. The van der Waals surface area contributed by atoms with Crippen molar-refractivity contribution in [2.45, 2.75) is 6.17 Å². The first kappa shape index (κ1) is 32.4. The molecule has 8 aromatic carbocycles. The molecule has 0 amide bonds. The smallest absolute Gasteiger partial charge is 0.160 e. The van der Waals surface area contributed by atoms with Crippen molar-refractivity contribution in [3.63, 3.8) is 0 Å². The molecule has 0 saturated carbocycles. The normalized spacial score (nSPS) is 14.2. The third kappa shape index (κ3) is 5.44. The molecule has 10 aromatic rings. The number of thiophene rings is 1. The van der Waals surface area contributed by atoms with E-state index in [0.29, 0.717) is 5.84 Å². The molecule has 0 aliphatic carbocycles. The molecule has 0 fully saturated rings. The first-order valence-electron chi connectivity index (χ1n) is 18.9. The number of nitrogens with zero attached hydrogens (tertiary/aromatic N) is 3. The highest BCUT2D eigenvalue weighted by Crippen LogP contribution is 2.42. The fourth-order valence-electron chi connectivity index (χ4n) is 8.26. The summed E-state index contributed by atoms with van der Waals surface area (Å²) in [7, 11) is 0. The van der Waals surface area contributed by atoms with Crippen LogP contribution in [0.25, 0.3) is 69.9 Å². The van der Waals surface area contributed by atoms with Crippen LogP contribution in [0.1, 0.15) is 22.9 Å². The van der Waals surface area contributed by atoms with Gasteiger partial charge in [-0.15, -0.1) is 11.3 Å². The molecule has 56 heavy (non-hydrogen) atoms. The van der Waals surface area contributed by atoms with Crippen LogP contribution in [0.2, 0.25) is 0 Å². The van der Waals surface area contributed by atoms with E-state index in [1.807, 2.05) is 11.3 Å². The maximum Gasteiger partial charge on any atom is 0.160 e. The number of benzene rings is 8. The van der Waals surface area contributed by atoms with Crippen molar-refractivity contribution in [2.24, 2.45) is 9.98 Å². The minimum absolute atomic E-state index is 0.363. The van der Waals surface area contributed by atoms with Crippen LogP contribution in [0, 0.1) is 0 Å². The van der Waals surface area contributed by atoms with E-state index in [-0.39, 0.29) is 6.17 Å². The summed E-state index contributed by atoms with van der Waals surface area (Å²) in [5.41, 5.74) is 11.2. The predicted molar refractivity (Wildman–Crippen MR) is 236 cm³/mol. The fourth-order valence-corrected chi connectivity index (χ4v) is 9.46. The lowest BCUT2D eigenvalue weighted by Crippen LogP contribution is -2.33. The molecule has 5 heteroatoms. The second-order valence-electron chi connectivity index (χ2n) is 14.2. The van der Waals surface area contributed by atoms with Gasteiger partial charge in [-0.1, -0.05) is 158 Å². The Morgan fingerprint density at radius 2 is 1.09 bits per heavy atom. The van der Waals surface area contributed by atoms with Gasteiger partial charge >= 0.3 is 0 Å². The number of amidine groups is 2. The van der Waals surface area contributed by atoms with E-state index in [4.69, 9.17) is 9.98 Å². The minimum Gasteiger partial charge on any atom is -0.344 e. The third-order valence-electron chi connectivity index (χ3n) is 10.9. The first-order valence-corrected chi connectivity index (χ1v) is 19.8. The Kier molecular flexibility index (Phi) is 7.71. The molecule has 1 aliphatic heterocycles. The van der Waals surface area contributed by atoms with Gasteiger partial charge < -0.3 is 9.88 Å². The molecule has 4 nitrogen and oxygen atoms in total. The van der Waals surface area contributed by atoms with Crippen molar-refractivity contribution in [1.29, 1.82) is 0 Å². The van der Waals surface area contributed by atoms with Gasteiger partial charge in [0.1, 0.15) is 12.0 Å². The zero-order valence-electron chi connectivity index (χ0n) is 30.3. The van der Waals surface area contributed by atoms with Crippen molar-refractivity contribution in [3.05, 3.63) is 211 Å². The van der Waals surface area contributed by atoms with Crippen LogP contribution in [0.4, 0.5) is 0 Å². The minimum atomic E-state index is -0.363. The van der Waals surface area contributed by atoms with E-state index >= 15 is 0 Å². The number of hydrogen-bond acceptors (Lipinski definition) is 4. The molecule has 0 bridgehead atoms. The van der Waals surface area contributed by atoms with Crippen LogP contribution in [-0.2, 0) is 0 Å². The van der Waals surface area contributed by atoms with Gasteiger partial charge in [0.15, 0.2) is 5.84 Å². The summed E-state index contributed by atoms with van der Waals surface area (Å²) < 4.78 is 5.00. The van der Waals surface area contributed by atoms with E-state index in [9.17, 15) is 0 Å². The molecule has 1 N–H and O–H groups in total. The number of rotatable bonds is 6. The van der Waals surface area contributed by atoms with Crippen LogP contribution in [0.5, 0.6) is 0 Å². The van der Waals surface area contributed by atoms with Crippen LogP contribution < -0.4 is 5.32 Å². The average Bonchev–Trinajstić information content (AvgIpc) is 3.83. The van der Waals surface area contributed by atoms with E-state index < -0.39 is 0 Å². The van der Waals surface area contributed by atoms with E-state index in [1.54, 1.807) is 0 Å². The average molecular weight is 735 g/mol. The van der Waals surface area contributed by atoms with Crippen LogP contribution >= 0.6 is 11.3 Å². The summed E-state index contributed by atoms with van der Waals surface area (Å²) in [5.74, 6) is 1.49. The Balaban J connectivity index is 1.13. The Bertz CT molecular complexity index is 3170. The summed E-state index contributed by atoms with van der Waals surface area (Å²) in [6.07, 6.45) is -0.363.